The van der Waals surface area contributed by atoms with Crippen LogP contribution < -0.4 is 10.1 Å². The topological polar surface area (TPSA) is 39.7 Å². The van der Waals surface area contributed by atoms with Gasteiger partial charge in [-0.15, -0.1) is 0 Å². The van der Waals surface area contributed by atoms with Gasteiger partial charge in [0.25, 0.3) is 0 Å². The molecule has 0 aliphatic carbocycles. The molecule has 96 valence electrons. The van der Waals surface area contributed by atoms with Crippen LogP contribution in [-0.4, -0.2) is 33.7 Å². The van der Waals surface area contributed by atoms with E-state index in [4.69, 9.17) is 25.8 Å². The molecule has 0 heterocycles. The molecule has 1 rings (SSSR count). The molecule has 0 aliphatic rings. The summed E-state index contributed by atoms with van der Waals surface area (Å²) in [4.78, 5) is 0. The van der Waals surface area contributed by atoms with Crippen molar-refractivity contribution < 1.29 is 14.2 Å². The molecule has 0 aromatic heterocycles. The molecule has 0 atom stereocenters. The summed E-state index contributed by atoms with van der Waals surface area (Å²) >= 11 is 6.06. The second-order valence-electron chi connectivity index (χ2n) is 3.36. The SMILES string of the molecule is CCOc1ccc(NCC(OC)OC)cc1Cl. The van der Waals surface area contributed by atoms with Gasteiger partial charge in [0.05, 0.1) is 18.2 Å². The van der Waals surface area contributed by atoms with Gasteiger partial charge >= 0.3 is 0 Å². The van der Waals surface area contributed by atoms with Gasteiger partial charge in [0.1, 0.15) is 5.75 Å². The van der Waals surface area contributed by atoms with Gasteiger partial charge in [-0.3, -0.25) is 0 Å². The van der Waals surface area contributed by atoms with E-state index in [1.165, 1.54) is 0 Å². The summed E-state index contributed by atoms with van der Waals surface area (Å²) in [5, 5.41) is 3.75. The Labute approximate surface area is 107 Å². The number of ether oxygens (including phenoxy) is 3. The van der Waals surface area contributed by atoms with Crippen molar-refractivity contribution in [1.29, 1.82) is 0 Å². The number of hydrogen-bond donors (Lipinski definition) is 1. The molecule has 0 radical (unpaired) electrons. The summed E-state index contributed by atoms with van der Waals surface area (Å²) in [5.74, 6) is 0.690. The quantitative estimate of drug-likeness (QED) is 0.765. The number of methoxy groups -OCH3 is 2. The van der Waals surface area contributed by atoms with Crippen LogP contribution in [0.25, 0.3) is 0 Å². The molecular weight excluding hydrogens is 242 g/mol. The average molecular weight is 260 g/mol. The van der Waals surface area contributed by atoms with Gasteiger partial charge in [-0.25, -0.2) is 0 Å². The molecule has 0 aliphatic heterocycles. The zero-order valence-corrected chi connectivity index (χ0v) is 11.1. The van der Waals surface area contributed by atoms with Crippen molar-refractivity contribution >= 4 is 17.3 Å². The smallest absolute Gasteiger partial charge is 0.173 e. The van der Waals surface area contributed by atoms with Gasteiger partial charge in [0.2, 0.25) is 0 Å². The van der Waals surface area contributed by atoms with E-state index in [2.05, 4.69) is 5.32 Å². The highest BCUT2D eigenvalue weighted by atomic mass is 35.5. The van der Waals surface area contributed by atoms with E-state index in [-0.39, 0.29) is 6.29 Å². The fourth-order valence-electron chi connectivity index (χ4n) is 1.35. The Morgan fingerprint density at radius 2 is 2.00 bits per heavy atom. The first-order valence-corrected chi connectivity index (χ1v) is 5.80. The molecule has 1 aromatic rings. The predicted octanol–water partition coefficient (Wildman–Crippen LogP) is 2.77. The van der Waals surface area contributed by atoms with Crippen molar-refractivity contribution in [3.8, 4) is 5.75 Å². The van der Waals surface area contributed by atoms with Crippen LogP contribution in [0, 0.1) is 0 Å². The van der Waals surface area contributed by atoms with Crippen LogP contribution in [0.5, 0.6) is 5.75 Å². The molecule has 0 saturated carbocycles. The Kier molecular flexibility index (Phi) is 6.11. The standard InChI is InChI=1S/C12H18ClNO3/c1-4-17-11-6-5-9(7-10(11)13)14-8-12(15-2)16-3/h5-7,12,14H,4,8H2,1-3H3. The van der Waals surface area contributed by atoms with Crippen molar-refractivity contribution in [2.45, 2.75) is 13.2 Å². The maximum Gasteiger partial charge on any atom is 0.173 e. The Hall–Kier alpha value is -0.970. The molecule has 0 amide bonds. The molecule has 1 N–H and O–H groups in total. The van der Waals surface area contributed by atoms with Gasteiger partial charge < -0.3 is 19.5 Å². The summed E-state index contributed by atoms with van der Waals surface area (Å²) in [6.07, 6.45) is -0.277. The normalized spacial score (nSPS) is 10.6. The largest absolute Gasteiger partial charge is 0.492 e. The summed E-state index contributed by atoms with van der Waals surface area (Å²) < 4.78 is 15.5. The third-order valence-electron chi connectivity index (χ3n) is 2.23. The molecule has 1 aromatic carbocycles. The second kappa shape index (κ2) is 7.37. The van der Waals surface area contributed by atoms with Gasteiger partial charge in [0.15, 0.2) is 6.29 Å². The fraction of sp³-hybridized carbons (Fsp3) is 0.500. The lowest BCUT2D eigenvalue weighted by atomic mass is 10.3. The van der Waals surface area contributed by atoms with Crippen LogP contribution in [0.1, 0.15) is 6.92 Å². The van der Waals surface area contributed by atoms with Gasteiger partial charge in [-0.05, 0) is 25.1 Å². The zero-order valence-electron chi connectivity index (χ0n) is 10.3. The number of hydrogen-bond acceptors (Lipinski definition) is 4. The number of anilines is 1. The molecule has 0 bridgehead atoms. The summed E-state index contributed by atoms with van der Waals surface area (Å²) in [5.41, 5.74) is 0.901. The lowest BCUT2D eigenvalue weighted by Gasteiger charge is -2.15. The molecule has 4 nitrogen and oxygen atoms in total. The minimum Gasteiger partial charge on any atom is -0.492 e. The van der Waals surface area contributed by atoms with E-state index in [9.17, 15) is 0 Å². The Morgan fingerprint density at radius 3 is 2.53 bits per heavy atom. The summed E-state index contributed by atoms with van der Waals surface area (Å²) in [7, 11) is 3.20. The Balaban J connectivity index is 2.58. The maximum absolute atomic E-state index is 6.06. The van der Waals surface area contributed by atoms with Crippen LogP contribution in [-0.2, 0) is 9.47 Å². The predicted molar refractivity (Wildman–Crippen MR) is 68.9 cm³/mol. The second-order valence-corrected chi connectivity index (χ2v) is 3.77. The third-order valence-corrected chi connectivity index (χ3v) is 2.53. The van der Waals surface area contributed by atoms with E-state index in [0.717, 1.165) is 5.69 Å². The first kappa shape index (κ1) is 14.1. The summed E-state index contributed by atoms with van der Waals surface area (Å²) in [6.45, 7) is 3.07. The lowest BCUT2D eigenvalue weighted by molar-refractivity contribution is -0.0914. The molecule has 0 spiro atoms. The first-order chi connectivity index (χ1) is 8.21. The first-order valence-electron chi connectivity index (χ1n) is 5.43. The van der Waals surface area contributed by atoms with Crippen molar-refractivity contribution in [2.24, 2.45) is 0 Å². The highest BCUT2D eigenvalue weighted by molar-refractivity contribution is 6.32. The Bertz CT molecular complexity index is 343. The number of rotatable bonds is 7. The lowest BCUT2D eigenvalue weighted by Crippen LogP contribution is -2.23. The highest BCUT2D eigenvalue weighted by Gasteiger charge is 2.06. The van der Waals surface area contributed by atoms with Crippen LogP contribution >= 0.6 is 11.6 Å². The monoisotopic (exact) mass is 259 g/mol. The van der Waals surface area contributed by atoms with Crippen molar-refractivity contribution in [2.75, 3.05) is 32.7 Å². The molecule has 0 saturated heterocycles. The highest BCUT2D eigenvalue weighted by Crippen LogP contribution is 2.27. The van der Waals surface area contributed by atoms with Gasteiger partial charge in [0, 0.05) is 19.9 Å². The molecule has 0 fully saturated rings. The number of halogens is 1. The van der Waals surface area contributed by atoms with E-state index >= 15 is 0 Å². The van der Waals surface area contributed by atoms with Crippen molar-refractivity contribution in [3.05, 3.63) is 23.2 Å². The van der Waals surface area contributed by atoms with Crippen LogP contribution in [0.15, 0.2) is 18.2 Å². The van der Waals surface area contributed by atoms with Crippen LogP contribution in [0.4, 0.5) is 5.69 Å². The van der Waals surface area contributed by atoms with Crippen molar-refractivity contribution in [1.82, 2.24) is 0 Å². The number of benzene rings is 1. The minimum absolute atomic E-state index is 0.277. The molecule has 0 unspecified atom stereocenters. The molecular formula is C12H18ClNO3. The minimum atomic E-state index is -0.277. The van der Waals surface area contributed by atoms with Gasteiger partial charge in [-0.2, -0.15) is 0 Å². The van der Waals surface area contributed by atoms with Crippen LogP contribution in [0.2, 0.25) is 5.02 Å². The average Bonchev–Trinajstić information content (AvgIpc) is 2.34. The number of nitrogens with one attached hydrogen (secondary N) is 1. The third kappa shape index (κ3) is 4.42. The fourth-order valence-corrected chi connectivity index (χ4v) is 1.58. The molecule has 17 heavy (non-hydrogen) atoms. The summed E-state index contributed by atoms with van der Waals surface area (Å²) in [6, 6.07) is 5.55. The van der Waals surface area contributed by atoms with E-state index in [1.54, 1.807) is 14.2 Å². The van der Waals surface area contributed by atoms with Crippen molar-refractivity contribution in [3.63, 3.8) is 0 Å². The maximum atomic E-state index is 6.06. The van der Waals surface area contributed by atoms with E-state index < -0.39 is 0 Å². The van der Waals surface area contributed by atoms with Gasteiger partial charge in [-0.1, -0.05) is 11.6 Å². The van der Waals surface area contributed by atoms with Crippen LogP contribution in [0.3, 0.4) is 0 Å². The van der Waals surface area contributed by atoms with E-state index in [1.807, 2.05) is 25.1 Å². The molecule has 5 heteroatoms. The zero-order chi connectivity index (χ0) is 12.7. The Morgan fingerprint density at radius 1 is 1.29 bits per heavy atom. The van der Waals surface area contributed by atoms with E-state index in [0.29, 0.717) is 23.9 Å².